The van der Waals surface area contributed by atoms with Gasteiger partial charge in [0.15, 0.2) is 0 Å². The van der Waals surface area contributed by atoms with Gasteiger partial charge in [-0.2, -0.15) is 0 Å². The van der Waals surface area contributed by atoms with Gasteiger partial charge in [0.1, 0.15) is 0 Å². The zero-order valence-corrected chi connectivity index (χ0v) is 12.1. The minimum absolute atomic E-state index is 0.428. The van der Waals surface area contributed by atoms with E-state index in [1.807, 2.05) is 10.0 Å². The molecule has 1 heterocycles. The van der Waals surface area contributed by atoms with Gasteiger partial charge in [0.25, 0.3) is 14.1 Å². The lowest BCUT2D eigenvalue weighted by molar-refractivity contribution is 0.751. The van der Waals surface area contributed by atoms with Crippen LogP contribution in [0.15, 0.2) is 10.0 Å². The third-order valence-corrected chi connectivity index (χ3v) is 7.52. The van der Waals surface area contributed by atoms with Crippen LogP contribution < -0.4 is 0 Å². The maximum absolute atomic E-state index is 2.42. The lowest BCUT2D eigenvalue weighted by Gasteiger charge is -2.10. The highest BCUT2D eigenvalue weighted by Crippen LogP contribution is 2.34. The van der Waals surface area contributed by atoms with Gasteiger partial charge in [0, 0.05) is 0 Å². The van der Waals surface area contributed by atoms with Crippen LogP contribution in [0.5, 0.6) is 0 Å². The van der Waals surface area contributed by atoms with Crippen molar-refractivity contribution in [1.29, 1.82) is 0 Å². The third kappa shape index (κ3) is 3.97. The van der Waals surface area contributed by atoms with Gasteiger partial charge in [-0.15, -0.1) is 4.44 Å². The van der Waals surface area contributed by atoms with Crippen molar-refractivity contribution in [2.24, 2.45) is 0 Å². The molecule has 0 aromatic carbocycles. The second-order valence-corrected chi connectivity index (χ2v) is 8.46. The minimum Gasteiger partial charge on any atom is -0.131 e. The molecule has 86 valence electrons. The molecule has 0 nitrogen and oxygen atoms in total. The van der Waals surface area contributed by atoms with Crippen LogP contribution in [-0.2, 0) is 0 Å². The fourth-order valence-electron chi connectivity index (χ4n) is 2.85. The van der Waals surface area contributed by atoms with Gasteiger partial charge in [-0.3, -0.25) is 0 Å². The molecule has 1 aliphatic heterocycles. The normalized spacial score (nSPS) is 16.6. The first-order valence-electron chi connectivity index (χ1n) is 7.04. The van der Waals surface area contributed by atoms with Crippen molar-refractivity contribution in [1.82, 2.24) is 0 Å². The molecule has 0 fully saturated rings. The van der Waals surface area contributed by atoms with Gasteiger partial charge < -0.3 is 0 Å². The Hall–Kier alpha value is 0.272. The summed E-state index contributed by atoms with van der Waals surface area (Å²) < 4.78 is 2.01. The van der Waals surface area contributed by atoms with E-state index in [-0.39, 0.29) is 0 Å². The van der Waals surface area contributed by atoms with E-state index < -0.39 is 14.1 Å². The van der Waals surface area contributed by atoms with Crippen molar-refractivity contribution in [2.75, 3.05) is 0 Å². The summed E-state index contributed by atoms with van der Waals surface area (Å²) in [5.41, 5.74) is 1.91. The molecule has 0 aliphatic carbocycles. The fraction of sp³-hybridized carbons (Fsp3) is 0.857. The third-order valence-electron chi connectivity index (χ3n) is 3.87. The van der Waals surface area contributed by atoms with Crippen LogP contribution in [0.1, 0.15) is 65.7 Å². The molecule has 0 saturated carbocycles. The number of hydrogen-bond acceptors (Lipinski definition) is 0. The highest BCUT2D eigenvalue weighted by atomic mass is 27.2. The lowest BCUT2D eigenvalue weighted by atomic mass is 10.0. The van der Waals surface area contributed by atoms with Crippen molar-refractivity contribution in [2.45, 2.75) is 76.3 Å². The first-order chi connectivity index (χ1) is 7.33. The molecule has 0 radical (unpaired) electrons. The molecule has 0 saturated heterocycles. The van der Waals surface area contributed by atoms with E-state index in [1.54, 1.807) is 5.28 Å². The Labute approximate surface area is 101 Å². The van der Waals surface area contributed by atoms with Crippen LogP contribution in [0.2, 0.25) is 10.6 Å². The average molecular weight is 222 g/mol. The Morgan fingerprint density at radius 3 is 2.27 bits per heavy atom. The van der Waals surface area contributed by atoms with Crippen LogP contribution in [-0.4, -0.2) is 14.1 Å². The van der Waals surface area contributed by atoms with Gasteiger partial charge in [-0.1, -0.05) is 56.2 Å². The Kier molecular flexibility index (Phi) is 6.70. The molecule has 0 spiro atoms. The molecule has 0 atom stereocenters. The Morgan fingerprint density at radius 2 is 1.67 bits per heavy atom. The zero-order chi connectivity index (χ0) is 11.1. The van der Waals surface area contributed by atoms with E-state index in [2.05, 4.69) is 20.8 Å². The predicted molar refractivity (Wildman–Crippen MR) is 71.7 cm³/mol. The quantitative estimate of drug-likeness (QED) is 0.524. The molecule has 1 aliphatic rings. The molecule has 0 bridgehead atoms. The molecule has 0 amide bonds. The lowest BCUT2D eigenvalue weighted by Crippen LogP contribution is -2.10. The Morgan fingerprint density at radius 1 is 1.00 bits per heavy atom. The number of unbranched alkanes of at least 4 members (excludes halogenated alkanes) is 2. The van der Waals surface area contributed by atoms with E-state index in [0.717, 1.165) is 0 Å². The van der Waals surface area contributed by atoms with Crippen molar-refractivity contribution < 1.29 is 0 Å². The molecular formula is C14H27Al. The van der Waals surface area contributed by atoms with Gasteiger partial charge in [-0.05, 0) is 25.7 Å². The molecule has 1 rings (SSSR count). The molecule has 0 aromatic rings. The topological polar surface area (TPSA) is 0 Å². The van der Waals surface area contributed by atoms with E-state index in [4.69, 9.17) is 0 Å². The second-order valence-electron chi connectivity index (χ2n) is 4.98. The summed E-state index contributed by atoms with van der Waals surface area (Å²) >= 11 is -0.428. The fourth-order valence-corrected chi connectivity index (χ4v) is 6.27. The molecule has 0 aromatic heterocycles. The highest BCUT2D eigenvalue weighted by Gasteiger charge is 2.27. The Bertz CT molecular complexity index is 205. The molecule has 0 unspecified atom stereocenters. The smallest absolute Gasteiger partial charge is 0.131 e. The van der Waals surface area contributed by atoms with Crippen molar-refractivity contribution in [3.8, 4) is 0 Å². The second kappa shape index (κ2) is 7.53. The van der Waals surface area contributed by atoms with E-state index in [9.17, 15) is 0 Å². The summed E-state index contributed by atoms with van der Waals surface area (Å²) in [6, 6.07) is 0. The van der Waals surface area contributed by atoms with Gasteiger partial charge in [0.2, 0.25) is 0 Å². The standard InChI is InChI=1S/C12H22.C2H5.Al/c1-4-7-9-11-12(6-3)10-8-5-2;1-2;/h3-10H2,1-2H3;1H2,2H3;. The van der Waals surface area contributed by atoms with Crippen molar-refractivity contribution >= 4 is 14.1 Å². The van der Waals surface area contributed by atoms with Crippen LogP contribution in [0.25, 0.3) is 0 Å². The number of hydrogen-bond donors (Lipinski definition) is 0. The molecular weight excluding hydrogens is 195 g/mol. The molecule has 1 heteroatoms. The first kappa shape index (κ1) is 13.3. The predicted octanol–water partition coefficient (Wildman–Crippen LogP) is 5.12. The summed E-state index contributed by atoms with van der Waals surface area (Å²) in [4.78, 5) is 0. The van der Waals surface area contributed by atoms with Crippen LogP contribution in [0.3, 0.4) is 0 Å². The summed E-state index contributed by atoms with van der Waals surface area (Å²) in [5, 5.41) is 3.10. The Balaban J connectivity index is 2.56. The van der Waals surface area contributed by atoms with Crippen LogP contribution in [0.4, 0.5) is 0 Å². The summed E-state index contributed by atoms with van der Waals surface area (Å²) in [5.74, 6) is 0. The monoisotopic (exact) mass is 222 g/mol. The maximum atomic E-state index is 2.42. The molecule has 0 N–H and O–H groups in total. The van der Waals surface area contributed by atoms with Crippen molar-refractivity contribution in [3.05, 3.63) is 10.0 Å². The summed E-state index contributed by atoms with van der Waals surface area (Å²) in [7, 11) is 0. The first-order valence-corrected chi connectivity index (χ1v) is 9.25. The highest BCUT2D eigenvalue weighted by molar-refractivity contribution is 6.67. The SMILES string of the molecule is CCCCC1=[C](CCCC)[Al]([CH2]C)[CH2]C1. The zero-order valence-electron chi connectivity index (χ0n) is 10.9. The van der Waals surface area contributed by atoms with Gasteiger partial charge in [-0.25, -0.2) is 0 Å². The summed E-state index contributed by atoms with van der Waals surface area (Å²) in [6.45, 7) is 7.06. The van der Waals surface area contributed by atoms with E-state index in [0.29, 0.717) is 0 Å². The van der Waals surface area contributed by atoms with E-state index >= 15 is 0 Å². The number of rotatable bonds is 7. The van der Waals surface area contributed by atoms with Crippen molar-refractivity contribution in [3.63, 3.8) is 0 Å². The van der Waals surface area contributed by atoms with Crippen LogP contribution in [0, 0.1) is 0 Å². The maximum Gasteiger partial charge on any atom is 0.299 e. The summed E-state index contributed by atoms with van der Waals surface area (Å²) in [6.07, 6.45) is 9.96. The van der Waals surface area contributed by atoms with E-state index in [1.165, 1.54) is 50.2 Å². The van der Waals surface area contributed by atoms with Gasteiger partial charge >= 0.3 is 0 Å². The molecule has 15 heavy (non-hydrogen) atoms. The van der Waals surface area contributed by atoms with Crippen LogP contribution >= 0.6 is 0 Å². The average Bonchev–Trinajstić information content (AvgIpc) is 2.65. The largest absolute Gasteiger partial charge is 0.299 e. The van der Waals surface area contributed by atoms with Gasteiger partial charge in [0.05, 0.1) is 0 Å². The minimum atomic E-state index is -0.428. The number of allylic oxidation sites excluding steroid dienone is 2.